The van der Waals surface area contributed by atoms with Gasteiger partial charge in [0, 0.05) is 16.8 Å². The van der Waals surface area contributed by atoms with Gasteiger partial charge in [-0.2, -0.15) is 0 Å². The lowest BCUT2D eigenvalue weighted by Gasteiger charge is -1.86. The molecule has 0 amide bonds. The Bertz CT molecular complexity index is 123. The molecular formula is C5H5OS. The van der Waals surface area contributed by atoms with E-state index in [1.165, 1.54) is 0 Å². The molecule has 1 rings (SSSR count). The molecule has 0 unspecified atom stereocenters. The highest BCUT2D eigenvalue weighted by Gasteiger charge is 1.84. The van der Waals surface area contributed by atoms with Crippen molar-refractivity contribution < 1.29 is 4.74 Å². The van der Waals surface area contributed by atoms with Crippen molar-refractivity contribution >= 4 is 11.3 Å². The van der Waals surface area contributed by atoms with Crippen molar-refractivity contribution in [2.24, 2.45) is 0 Å². The fraction of sp³-hybridized carbons (Fsp3) is 0.200. The molecule has 0 atom stereocenters. The fourth-order valence-electron chi connectivity index (χ4n) is 0.329. The summed E-state index contributed by atoms with van der Waals surface area (Å²) in [5, 5.41) is 3.76. The predicted molar refractivity (Wildman–Crippen MR) is 29.7 cm³/mol. The highest BCUT2D eigenvalue weighted by atomic mass is 32.1. The molecule has 0 aromatic carbocycles. The lowest BCUT2D eigenvalue weighted by atomic mass is 10.6. The minimum Gasteiger partial charge on any atom is -0.495 e. The van der Waals surface area contributed by atoms with Gasteiger partial charge in [-0.05, 0) is 0 Å². The highest BCUT2D eigenvalue weighted by Crippen LogP contribution is 2.11. The number of thiophene rings is 1. The quantitative estimate of drug-likeness (QED) is 0.537. The number of methoxy groups -OCH3 is 1. The summed E-state index contributed by atoms with van der Waals surface area (Å²) in [5.41, 5.74) is 0. The first-order chi connectivity index (χ1) is 3.43. The molecule has 1 heterocycles. The maximum atomic E-state index is 4.81. The number of ether oxygens (including phenoxy) is 1. The van der Waals surface area contributed by atoms with Gasteiger partial charge in [0.2, 0.25) is 0 Å². The Morgan fingerprint density at radius 2 is 2.71 bits per heavy atom. The molecule has 7 heavy (non-hydrogen) atoms. The molecule has 1 nitrogen and oxygen atoms in total. The van der Waals surface area contributed by atoms with Crippen molar-refractivity contribution in [1.82, 2.24) is 0 Å². The Morgan fingerprint density at radius 1 is 1.86 bits per heavy atom. The molecule has 0 spiro atoms. The number of hydrogen-bond donors (Lipinski definition) is 0. The summed E-state index contributed by atoms with van der Waals surface area (Å²) in [6, 6.07) is 2.88. The van der Waals surface area contributed by atoms with Crippen LogP contribution >= 0.6 is 11.3 Å². The molecule has 1 aromatic heterocycles. The second-order valence-corrected chi connectivity index (χ2v) is 1.83. The number of rotatable bonds is 1. The molecule has 0 aliphatic rings. The smallest absolute Gasteiger partial charge is 0.137 e. The standard InChI is InChI=1S/C5H5OS/c1-6-5-2-3-7-4-5/h3-4H,1H3. The van der Waals surface area contributed by atoms with E-state index in [4.69, 9.17) is 4.74 Å². The summed E-state index contributed by atoms with van der Waals surface area (Å²) in [7, 11) is 1.64. The predicted octanol–water partition coefficient (Wildman–Crippen LogP) is 1.56. The minimum atomic E-state index is 0.824. The molecule has 1 aromatic rings. The van der Waals surface area contributed by atoms with Gasteiger partial charge in [0.15, 0.2) is 0 Å². The Morgan fingerprint density at radius 3 is 3.00 bits per heavy atom. The van der Waals surface area contributed by atoms with Crippen molar-refractivity contribution in [3.63, 3.8) is 0 Å². The van der Waals surface area contributed by atoms with Crippen LogP contribution in [0, 0.1) is 6.07 Å². The van der Waals surface area contributed by atoms with Gasteiger partial charge in [0.25, 0.3) is 0 Å². The van der Waals surface area contributed by atoms with Crippen molar-refractivity contribution in [2.45, 2.75) is 0 Å². The zero-order valence-electron chi connectivity index (χ0n) is 3.97. The van der Waals surface area contributed by atoms with Crippen molar-refractivity contribution in [3.8, 4) is 5.75 Å². The Hall–Kier alpha value is -0.500. The largest absolute Gasteiger partial charge is 0.495 e. The van der Waals surface area contributed by atoms with Crippen LogP contribution in [0.1, 0.15) is 0 Å². The first-order valence-electron chi connectivity index (χ1n) is 1.91. The molecule has 0 saturated carbocycles. The first-order valence-corrected chi connectivity index (χ1v) is 2.85. The fourth-order valence-corrected chi connectivity index (χ4v) is 0.869. The van der Waals surface area contributed by atoms with Crippen molar-refractivity contribution in [2.75, 3.05) is 7.11 Å². The van der Waals surface area contributed by atoms with Crippen LogP contribution < -0.4 is 4.74 Å². The van der Waals surface area contributed by atoms with E-state index in [0.717, 1.165) is 5.75 Å². The average molecular weight is 113 g/mol. The zero-order chi connectivity index (χ0) is 5.11. The molecule has 0 aliphatic carbocycles. The van der Waals surface area contributed by atoms with Gasteiger partial charge in [-0.15, -0.1) is 11.3 Å². The Balaban J connectivity index is 2.76. The second-order valence-electron chi connectivity index (χ2n) is 1.08. The topological polar surface area (TPSA) is 9.23 Å². The lowest BCUT2D eigenvalue weighted by Crippen LogP contribution is -1.75. The average Bonchev–Trinajstić information content (AvgIpc) is 2.14. The lowest BCUT2D eigenvalue weighted by molar-refractivity contribution is 0.416. The number of hydrogen-bond acceptors (Lipinski definition) is 2. The molecule has 0 N–H and O–H groups in total. The summed E-state index contributed by atoms with van der Waals surface area (Å²) in [6.07, 6.45) is 0. The summed E-state index contributed by atoms with van der Waals surface area (Å²) >= 11 is 1.58. The molecule has 0 fully saturated rings. The molecule has 0 saturated heterocycles. The van der Waals surface area contributed by atoms with Crippen molar-refractivity contribution in [1.29, 1.82) is 0 Å². The van der Waals surface area contributed by atoms with E-state index in [9.17, 15) is 0 Å². The molecule has 0 aliphatic heterocycles. The van der Waals surface area contributed by atoms with E-state index in [0.29, 0.717) is 0 Å². The highest BCUT2D eigenvalue weighted by molar-refractivity contribution is 7.08. The van der Waals surface area contributed by atoms with Crippen LogP contribution in [-0.2, 0) is 0 Å². The first kappa shape index (κ1) is 4.65. The van der Waals surface area contributed by atoms with Gasteiger partial charge < -0.3 is 4.74 Å². The van der Waals surface area contributed by atoms with Crippen LogP contribution in [-0.4, -0.2) is 7.11 Å². The summed E-state index contributed by atoms with van der Waals surface area (Å²) in [6.45, 7) is 0. The minimum absolute atomic E-state index is 0.824. The van der Waals surface area contributed by atoms with Crippen LogP contribution in [0.4, 0.5) is 0 Å². The van der Waals surface area contributed by atoms with Crippen molar-refractivity contribution in [3.05, 3.63) is 16.8 Å². The second kappa shape index (κ2) is 1.98. The van der Waals surface area contributed by atoms with E-state index in [-0.39, 0.29) is 0 Å². The summed E-state index contributed by atoms with van der Waals surface area (Å²) in [4.78, 5) is 0. The third-order valence-electron chi connectivity index (χ3n) is 0.664. The van der Waals surface area contributed by atoms with Crippen LogP contribution in [0.5, 0.6) is 5.75 Å². The van der Waals surface area contributed by atoms with Gasteiger partial charge in [0.1, 0.15) is 5.75 Å². The third kappa shape index (κ3) is 0.933. The van der Waals surface area contributed by atoms with Crippen LogP contribution in [0.25, 0.3) is 0 Å². The maximum absolute atomic E-state index is 4.81. The molecular weight excluding hydrogens is 108 g/mol. The Kier molecular flexibility index (Phi) is 1.32. The SMILES string of the molecule is COc1[c]csc1. The maximum Gasteiger partial charge on any atom is 0.137 e. The summed E-state index contributed by atoms with van der Waals surface area (Å²) in [5.74, 6) is 0.824. The van der Waals surface area contributed by atoms with Gasteiger partial charge in [-0.25, -0.2) is 0 Å². The molecule has 0 bridgehead atoms. The van der Waals surface area contributed by atoms with Gasteiger partial charge in [0.05, 0.1) is 7.11 Å². The van der Waals surface area contributed by atoms with Crippen LogP contribution in [0.2, 0.25) is 0 Å². The van der Waals surface area contributed by atoms with E-state index >= 15 is 0 Å². The normalized spacial score (nSPS) is 8.71. The molecule has 37 valence electrons. The summed E-state index contributed by atoms with van der Waals surface area (Å²) < 4.78 is 4.81. The zero-order valence-corrected chi connectivity index (χ0v) is 4.79. The molecule has 1 radical (unpaired) electrons. The van der Waals surface area contributed by atoms with Gasteiger partial charge in [-0.1, -0.05) is 0 Å². The van der Waals surface area contributed by atoms with E-state index in [1.54, 1.807) is 18.4 Å². The molecule has 2 heteroatoms. The van der Waals surface area contributed by atoms with E-state index in [2.05, 4.69) is 6.07 Å². The van der Waals surface area contributed by atoms with Crippen LogP contribution in [0.15, 0.2) is 10.8 Å². The van der Waals surface area contributed by atoms with Gasteiger partial charge >= 0.3 is 0 Å². The Labute approximate surface area is 46.6 Å². The third-order valence-corrected chi connectivity index (χ3v) is 1.27. The monoisotopic (exact) mass is 113 g/mol. The van der Waals surface area contributed by atoms with Crippen LogP contribution in [0.3, 0.4) is 0 Å². The van der Waals surface area contributed by atoms with Gasteiger partial charge in [-0.3, -0.25) is 0 Å². The van der Waals surface area contributed by atoms with E-state index < -0.39 is 0 Å². The van der Waals surface area contributed by atoms with E-state index in [1.807, 2.05) is 10.8 Å².